The van der Waals surface area contributed by atoms with Gasteiger partial charge in [0.1, 0.15) is 6.61 Å². The zero-order valence-electron chi connectivity index (χ0n) is 29.3. The van der Waals surface area contributed by atoms with Crippen molar-refractivity contribution >= 4 is 27.5 Å². The molecule has 0 unspecified atom stereocenters. The molecular formula is C36H46F3NO12S. The Morgan fingerprint density at radius 3 is 1.51 bits per heavy atom. The van der Waals surface area contributed by atoms with E-state index in [1.807, 2.05) is 0 Å². The van der Waals surface area contributed by atoms with Crippen LogP contribution < -0.4 is 5.32 Å². The number of carbonyl (C=O) groups is 1. The Hall–Kier alpha value is -3.65. The summed E-state index contributed by atoms with van der Waals surface area (Å²) in [4.78, 5) is 12.7. The van der Waals surface area contributed by atoms with E-state index in [2.05, 4.69) is 5.32 Å². The van der Waals surface area contributed by atoms with Crippen LogP contribution >= 0.6 is 0 Å². The fourth-order valence-corrected chi connectivity index (χ4v) is 5.16. The van der Waals surface area contributed by atoms with E-state index < -0.39 is 27.8 Å². The van der Waals surface area contributed by atoms with Gasteiger partial charge in [0.25, 0.3) is 10.1 Å². The number of anilines is 2. The minimum Gasteiger partial charge on any atom is -0.460 e. The second kappa shape index (κ2) is 25.4. The first-order chi connectivity index (χ1) is 25.7. The van der Waals surface area contributed by atoms with Gasteiger partial charge < -0.3 is 43.2 Å². The van der Waals surface area contributed by atoms with E-state index in [1.54, 1.807) is 36.4 Å². The third kappa shape index (κ3) is 18.8. The fraction of sp³-hybridized carbons (Fsp3) is 0.472. The van der Waals surface area contributed by atoms with Crippen LogP contribution in [0.4, 0.5) is 24.5 Å². The zero-order valence-corrected chi connectivity index (χ0v) is 30.1. The highest BCUT2D eigenvalue weighted by Crippen LogP contribution is 2.32. The largest absolute Gasteiger partial charge is 0.460 e. The minimum absolute atomic E-state index is 0.0143. The fourth-order valence-electron chi connectivity index (χ4n) is 4.25. The standard InChI is InChI=1S/C36H46F3NO12S/c37-36(38,39)30-7-6-8-31(29-30)40-34-12-5-4-11-33(34)35(41)51-27-25-49-23-21-47-19-17-45-15-13-44-14-16-46-18-20-48-22-24-50-26-28-52-53(42,43)32-9-2-1-3-10-32/h1-12,29,40H,13-28H2. The second-order valence-corrected chi connectivity index (χ2v) is 12.4. The molecule has 3 rings (SSSR count). The Balaban J connectivity index is 1.05. The predicted molar refractivity (Wildman–Crippen MR) is 187 cm³/mol. The summed E-state index contributed by atoms with van der Waals surface area (Å²) >= 11 is 0. The molecule has 0 spiro atoms. The number of hydrogen-bond acceptors (Lipinski definition) is 13. The number of nitrogens with one attached hydrogen (secondary N) is 1. The van der Waals surface area contributed by atoms with Crippen LogP contribution in [-0.2, 0) is 58.4 Å². The number of halogens is 3. The maximum atomic E-state index is 13.0. The Morgan fingerprint density at radius 2 is 1.00 bits per heavy atom. The molecule has 53 heavy (non-hydrogen) atoms. The predicted octanol–water partition coefficient (Wildman–Crippen LogP) is 5.13. The normalized spacial score (nSPS) is 11.8. The highest BCUT2D eigenvalue weighted by atomic mass is 32.2. The molecular weight excluding hydrogens is 727 g/mol. The van der Waals surface area contributed by atoms with Gasteiger partial charge in [-0.2, -0.15) is 21.6 Å². The number of esters is 1. The van der Waals surface area contributed by atoms with Gasteiger partial charge in [0, 0.05) is 5.69 Å². The van der Waals surface area contributed by atoms with Crippen molar-refractivity contribution in [2.24, 2.45) is 0 Å². The summed E-state index contributed by atoms with van der Waals surface area (Å²) in [6.45, 7) is 4.55. The zero-order chi connectivity index (χ0) is 38.0. The van der Waals surface area contributed by atoms with Crippen molar-refractivity contribution in [3.05, 3.63) is 90.0 Å². The van der Waals surface area contributed by atoms with Gasteiger partial charge in [-0.05, 0) is 42.5 Å². The van der Waals surface area contributed by atoms with Crippen LogP contribution in [0.5, 0.6) is 0 Å². The molecule has 0 aliphatic carbocycles. The lowest BCUT2D eigenvalue weighted by atomic mass is 10.1. The van der Waals surface area contributed by atoms with Crippen LogP contribution in [0.2, 0.25) is 0 Å². The highest BCUT2D eigenvalue weighted by molar-refractivity contribution is 7.86. The van der Waals surface area contributed by atoms with E-state index in [0.29, 0.717) is 78.4 Å². The Labute approximate surface area is 307 Å². The number of hydrogen-bond donors (Lipinski definition) is 1. The van der Waals surface area contributed by atoms with Gasteiger partial charge in [0.2, 0.25) is 0 Å². The third-order valence-corrected chi connectivity index (χ3v) is 8.13. The van der Waals surface area contributed by atoms with E-state index in [4.69, 9.17) is 42.1 Å². The summed E-state index contributed by atoms with van der Waals surface area (Å²) in [7, 11) is -3.78. The average Bonchev–Trinajstić information content (AvgIpc) is 3.15. The van der Waals surface area contributed by atoms with Crippen molar-refractivity contribution < 1.29 is 68.5 Å². The van der Waals surface area contributed by atoms with Crippen molar-refractivity contribution in [3.63, 3.8) is 0 Å². The molecule has 3 aromatic rings. The number of alkyl halides is 3. The topological polar surface area (TPSA) is 146 Å². The summed E-state index contributed by atoms with van der Waals surface area (Å²) in [5.74, 6) is -0.639. The van der Waals surface area contributed by atoms with E-state index in [-0.39, 0.29) is 49.2 Å². The molecule has 0 aromatic heterocycles. The molecule has 0 amide bonds. The van der Waals surface area contributed by atoms with Crippen LogP contribution in [-0.4, -0.2) is 120 Å². The van der Waals surface area contributed by atoms with Crippen LogP contribution in [0, 0.1) is 0 Å². The van der Waals surface area contributed by atoms with Crippen molar-refractivity contribution in [1.29, 1.82) is 0 Å². The van der Waals surface area contributed by atoms with Gasteiger partial charge in [-0.15, -0.1) is 0 Å². The minimum atomic E-state index is -4.48. The Bertz CT molecular complexity index is 1550. The van der Waals surface area contributed by atoms with Crippen molar-refractivity contribution in [1.82, 2.24) is 0 Å². The Morgan fingerprint density at radius 1 is 0.547 bits per heavy atom. The van der Waals surface area contributed by atoms with Gasteiger partial charge in [-0.1, -0.05) is 36.4 Å². The monoisotopic (exact) mass is 773 g/mol. The van der Waals surface area contributed by atoms with E-state index in [9.17, 15) is 26.4 Å². The van der Waals surface area contributed by atoms with E-state index in [1.165, 1.54) is 30.3 Å². The summed E-state index contributed by atoms with van der Waals surface area (Å²) in [6.07, 6.45) is -4.48. The van der Waals surface area contributed by atoms with E-state index in [0.717, 1.165) is 12.1 Å². The molecule has 0 aliphatic heterocycles. The van der Waals surface area contributed by atoms with Crippen LogP contribution in [0.15, 0.2) is 83.8 Å². The van der Waals surface area contributed by atoms with Gasteiger partial charge in [0.05, 0.1) is 121 Å². The molecule has 0 heterocycles. The molecule has 0 saturated heterocycles. The molecule has 0 radical (unpaired) electrons. The SMILES string of the molecule is O=C(OCCOCCOCCOCCOCCOCCOCCOCCOS(=O)(=O)c1ccccc1)c1ccccc1Nc1cccc(C(F)(F)F)c1. The third-order valence-electron chi connectivity index (χ3n) is 6.81. The lowest BCUT2D eigenvalue weighted by molar-refractivity contribution is -0.137. The number of ether oxygens (including phenoxy) is 8. The molecule has 17 heteroatoms. The molecule has 0 aliphatic rings. The lowest BCUT2D eigenvalue weighted by Crippen LogP contribution is -2.16. The summed E-state index contributed by atoms with van der Waals surface area (Å²) in [6, 6.07) is 19.0. The summed E-state index contributed by atoms with van der Waals surface area (Å²) < 4.78 is 111. The smallest absolute Gasteiger partial charge is 0.416 e. The van der Waals surface area contributed by atoms with Crippen molar-refractivity contribution in [2.45, 2.75) is 11.1 Å². The van der Waals surface area contributed by atoms with E-state index >= 15 is 0 Å². The number of benzene rings is 3. The van der Waals surface area contributed by atoms with Gasteiger partial charge >= 0.3 is 12.1 Å². The molecule has 0 fully saturated rings. The summed E-state index contributed by atoms with van der Waals surface area (Å²) in [5, 5.41) is 2.85. The molecule has 1 N–H and O–H groups in total. The second-order valence-electron chi connectivity index (χ2n) is 10.8. The van der Waals surface area contributed by atoms with Crippen LogP contribution in [0.1, 0.15) is 15.9 Å². The first-order valence-corrected chi connectivity index (χ1v) is 18.3. The van der Waals surface area contributed by atoms with Crippen LogP contribution in [0.25, 0.3) is 0 Å². The number of rotatable bonds is 29. The average molecular weight is 774 g/mol. The molecule has 294 valence electrons. The van der Waals surface area contributed by atoms with Crippen molar-refractivity contribution in [2.75, 3.05) is 111 Å². The maximum Gasteiger partial charge on any atom is 0.416 e. The number of carbonyl (C=O) groups excluding carboxylic acids is 1. The molecule has 3 aromatic carbocycles. The quantitative estimate of drug-likeness (QED) is 0.0566. The maximum absolute atomic E-state index is 13.0. The molecule has 0 atom stereocenters. The van der Waals surface area contributed by atoms with Gasteiger partial charge in [-0.25, -0.2) is 4.79 Å². The lowest BCUT2D eigenvalue weighted by Gasteiger charge is -2.13. The first kappa shape index (κ1) is 43.8. The van der Waals surface area contributed by atoms with Gasteiger partial charge in [0.15, 0.2) is 0 Å². The summed E-state index contributed by atoms with van der Waals surface area (Å²) in [5.41, 5.74) is -0.125. The molecule has 13 nitrogen and oxygen atoms in total. The Kier molecular flexibility index (Phi) is 21.0. The van der Waals surface area contributed by atoms with Crippen LogP contribution in [0.3, 0.4) is 0 Å². The first-order valence-electron chi connectivity index (χ1n) is 16.9. The molecule has 0 saturated carbocycles. The van der Waals surface area contributed by atoms with Crippen molar-refractivity contribution in [3.8, 4) is 0 Å². The highest BCUT2D eigenvalue weighted by Gasteiger charge is 2.30. The van der Waals surface area contributed by atoms with Gasteiger partial charge in [-0.3, -0.25) is 4.18 Å². The molecule has 0 bridgehead atoms. The number of para-hydroxylation sites is 1.